The zero-order chi connectivity index (χ0) is 17.9. The van der Waals surface area contributed by atoms with Gasteiger partial charge < -0.3 is 0 Å². The van der Waals surface area contributed by atoms with E-state index in [0.29, 0.717) is 5.56 Å². The number of hydrogen-bond donors (Lipinski definition) is 0. The maximum atomic E-state index is 14.1. The lowest BCUT2D eigenvalue weighted by Gasteiger charge is -2.07. The highest BCUT2D eigenvalue weighted by Crippen LogP contribution is 2.24. The molecule has 0 saturated carbocycles. The molecule has 0 heterocycles. The van der Waals surface area contributed by atoms with Gasteiger partial charge in [-0.15, -0.1) is 0 Å². The molecule has 2 aromatic carbocycles. The smallest absolute Gasteiger partial charge is 0.131 e. The third-order valence-electron chi connectivity index (χ3n) is 4.96. The van der Waals surface area contributed by atoms with Crippen LogP contribution < -0.4 is 0 Å². The van der Waals surface area contributed by atoms with E-state index in [0.717, 1.165) is 17.5 Å². The molecular weight excluding hydrogens is 307 g/mol. The Bertz CT molecular complexity index is 612. The van der Waals surface area contributed by atoms with Crippen molar-refractivity contribution in [3.05, 3.63) is 59.4 Å². The highest BCUT2D eigenvalue weighted by Gasteiger charge is 2.05. The van der Waals surface area contributed by atoms with Gasteiger partial charge in [-0.2, -0.15) is 0 Å². The van der Waals surface area contributed by atoms with Crippen molar-refractivity contribution in [3.63, 3.8) is 0 Å². The summed E-state index contributed by atoms with van der Waals surface area (Å²) in [4.78, 5) is 0. The number of unbranched alkanes of at least 4 members (excludes halogenated alkanes) is 8. The quantitative estimate of drug-likeness (QED) is 0.365. The Labute approximate surface area is 153 Å². The van der Waals surface area contributed by atoms with E-state index < -0.39 is 0 Å². The van der Waals surface area contributed by atoms with Gasteiger partial charge in [0.2, 0.25) is 0 Å². The zero-order valence-electron chi connectivity index (χ0n) is 16.0. The molecule has 0 aliphatic heterocycles. The molecular formula is C24H33F. The Kier molecular flexibility index (Phi) is 8.72. The molecule has 0 N–H and O–H groups in total. The fraction of sp³-hybridized carbons (Fsp3) is 0.500. The molecule has 0 aliphatic carbocycles. The standard InChI is InChI=1S/C24H33F/c1-3-4-5-6-7-8-9-10-11-12-21-14-16-22(17-15-21)23-18-13-20(2)19-24(23)25/h13-19H,3-12H2,1-2H3. The van der Waals surface area contributed by atoms with E-state index in [4.69, 9.17) is 0 Å². The molecule has 2 aromatic rings. The summed E-state index contributed by atoms with van der Waals surface area (Å²) >= 11 is 0. The van der Waals surface area contributed by atoms with E-state index in [1.54, 1.807) is 6.07 Å². The van der Waals surface area contributed by atoms with Crippen LogP contribution in [0.4, 0.5) is 4.39 Å². The highest BCUT2D eigenvalue weighted by atomic mass is 19.1. The van der Waals surface area contributed by atoms with E-state index >= 15 is 0 Å². The molecule has 0 unspecified atom stereocenters. The molecule has 0 fully saturated rings. The molecule has 0 spiro atoms. The van der Waals surface area contributed by atoms with Gasteiger partial charge >= 0.3 is 0 Å². The first kappa shape index (κ1) is 19.7. The van der Waals surface area contributed by atoms with Crippen LogP contribution >= 0.6 is 0 Å². The van der Waals surface area contributed by atoms with Crippen LogP contribution in [0, 0.1) is 12.7 Å². The van der Waals surface area contributed by atoms with Gasteiger partial charge in [-0.3, -0.25) is 0 Å². The summed E-state index contributed by atoms with van der Waals surface area (Å²) in [5.74, 6) is -0.133. The third-order valence-corrected chi connectivity index (χ3v) is 4.96. The monoisotopic (exact) mass is 340 g/mol. The Balaban J connectivity index is 1.68. The normalized spacial score (nSPS) is 11.0. The van der Waals surface area contributed by atoms with Gasteiger partial charge in [-0.25, -0.2) is 4.39 Å². The van der Waals surface area contributed by atoms with E-state index in [9.17, 15) is 4.39 Å². The molecule has 0 atom stereocenters. The van der Waals surface area contributed by atoms with E-state index in [1.165, 1.54) is 63.4 Å². The summed E-state index contributed by atoms with van der Waals surface area (Å²) in [5, 5.41) is 0. The van der Waals surface area contributed by atoms with Crippen LogP contribution in [0.1, 0.15) is 75.8 Å². The summed E-state index contributed by atoms with van der Waals surface area (Å²) in [5.41, 5.74) is 3.98. The Morgan fingerprint density at radius 3 is 1.92 bits per heavy atom. The van der Waals surface area contributed by atoms with Crippen molar-refractivity contribution in [2.24, 2.45) is 0 Å². The average Bonchev–Trinajstić information content (AvgIpc) is 2.61. The summed E-state index contributed by atoms with van der Waals surface area (Å²) < 4.78 is 14.1. The lowest BCUT2D eigenvalue weighted by molar-refractivity contribution is 0.565. The first-order chi connectivity index (χ1) is 12.2. The molecule has 0 nitrogen and oxygen atoms in total. The topological polar surface area (TPSA) is 0 Å². The Morgan fingerprint density at radius 2 is 1.32 bits per heavy atom. The summed E-state index contributed by atoms with van der Waals surface area (Å²) in [6.45, 7) is 4.19. The minimum Gasteiger partial charge on any atom is -0.206 e. The van der Waals surface area contributed by atoms with Gasteiger partial charge in [-0.05, 0) is 42.5 Å². The summed E-state index contributed by atoms with van der Waals surface area (Å²) in [6.07, 6.45) is 13.4. The average molecular weight is 341 g/mol. The molecule has 0 aromatic heterocycles. The van der Waals surface area contributed by atoms with Gasteiger partial charge in [0.05, 0.1) is 0 Å². The first-order valence-electron chi connectivity index (χ1n) is 10.1. The van der Waals surface area contributed by atoms with Crippen LogP contribution in [0.25, 0.3) is 11.1 Å². The van der Waals surface area contributed by atoms with Crippen LogP contribution in [0.2, 0.25) is 0 Å². The van der Waals surface area contributed by atoms with Crippen molar-refractivity contribution in [1.82, 2.24) is 0 Å². The fourth-order valence-electron chi connectivity index (χ4n) is 3.35. The number of halogens is 1. The van der Waals surface area contributed by atoms with Crippen molar-refractivity contribution in [1.29, 1.82) is 0 Å². The van der Waals surface area contributed by atoms with Crippen molar-refractivity contribution < 1.29 is 4.39 Å². The lowest BCUT2D eigenvalue weighted by atomic mass is 9.99. The largest absolute Gasteiger partial charge is 0.206 e. The van der Waals surface area contributed by atoms with E-state index in [1.807, 2.05) is 19.1 Å². The molecule has 0 amide bonds. The second kappa shape index (κ2) is 11.1. The second-order valence-corrected chi connectivity index (χ2v) is 7.26. The van der Waals surface area contributed by atoms with Crippen LogP contribution in [0.15, 0.2) is 42.5 Å². The zero-order valence-corrected chi connectivity index (χ0v) is 16.0. The molecule has 0 saturated heterocycles. The van der Waals surface area contributed by atoms with Crippen molar-refractivity contribution in [2.75, 3.05) is 0 Å². The number of rotatable bonds is 11. The van der Waals surface area contributed by atoms with Crippen LogP contribution in [0.3, 0.4) is 0 Å². The maximum Gasteiger partial charge on any atom is 0.131 e. The highest BCUT2D eigenvalue weighted by molar-refractivity contribution is 5.64. The molecule has 0 radical (unpaired) electrons. The van der Waals surface area contributed by atoms with Crippen molar-refractivity contribution >= 4 is 0 Å². The van der Waals surface area contributed by atoms with Gasteiger partial charge in [-0.1, -0.05) is 94.7 Å². The predicted octanol–water partition coefficient (Wildman–Crippen LogP) is 7.87. The summed E-state index contributed by atoms with van der Waals surface area (Å²) in [6, 6.07) is 13.9. The lowest BCUT2D eigenvalue weighted by Crippen LogP contribution is -1.89. The van der Waals surface area contributed by atoms with E-state index in [-0.39, 0.29) is 5.82 Å². The molecule has 0 bridgehead atoms. The second-order valence-electron chi connectivity index (χ2n) is 7.26. The predicted molar refractivity (Wildman–Crippen MR) is 108 cm³/mol. The van der Waals surface area contributed by atoms with Crippen molar-refractivity contribution in [3.8, 4) is 11.1 Å². The number of benzene rings is 2. The molecule has 0 aliphatic rings. The summed E-state index contributed by atoms with van der Waals surface area (Å²) in [7, 11) is 0. The maximum absolute atomic E-state index is 14.1. The minimum atomic E-state index is -0.133. The van der Waals surface area contributed by atoms with Crippen LogP contribution in [-0.4, -0.2) is 0 Å². The first-order valence-corrected chi connectivity index (χ1v) is 10.1. The van der Waals surface area contributed by atoms with E-state index in [2.05, 4.69) is 31.2 Å². The fourth-order valence-corrected chi connectivity index (χ4v) is 3.35. The van der Waals surface area contributed by atoms with Crippen LogP contribution in [-0.2, 0) is 6.42 Å². The minimum absolute atomic E-state index is 0.133. The van der Waals surface area contributed by atoms with Gasteiger partial charge in [0.25, 0.3) is 0 Å². The van der Waals surface area contributed by atoms with Crippen LogP contribution in [0.5, 0.6) is 0 Å². The van der Waals surface area contributed by atoms with Gasteiger partial charge in [0.15, 0.2) is 0 Å². The number of hydrogen-bond acceptors (Lipinski definition) is 0. The Hall–Kier alpha value is -1.63. The molecule has 25 heavy (non-hydrogen) atoms. The third kappa shape index (κ3) is 7.02. The van der Waals surface area contributed by atoms with Gasteiger partial charge in [0, 0.05) is 5.56 Å². The molecule has 136 valence electrons. The SMILES string of the molecule is CCCCCCCCCCCc1ccc(-c2ccc(C)cc2F)cc1. The number of aryl methyl sites for hydroxylation is 2. The molecule has 2 rings (SSSR count). The van der Waals surface area contributed by atoms with Gasteiger partial charge in [0.1, 0.15) is 5.82 Å². The van der Waals surface area contributed by atoms with Crippen molar-refractivity contribution in [2.45, 2.75) is 78.1 Å². The molecule has 1 heteroatoms. The Morgan fingerprint density at radius 1 is 0.720 bits per heavy atom.